The molecule has 5 nitrogen and oxygen atoms in total. The summed E-state index contributed by atoms with van der Waals surface area (Å²) in [5.74, 6) is 0.0852. The van der Waals surface area contributed by atoms with Crippen molar-refractivity contribution in [2.75, 3.05) is 0 Å². The maximum atomic E-state index is 13.5. The van der Waals surface area contributed by atoms with E-state index in [1.54, 1.807) is 6.20 Å². The lowest BCUT2D eigenvalue weighted by atomic mass is 10.1. The summed E-state index contributed by atoms with van der Waals surface area (Å²) in [4.78, 5) is 12.5. The Kier molecular flexibility index (Phi) is 4.55. The zero-order chi connectivity index (χ0) is 19.0. The second-order valence-corrected chi connectivity index (χ2v) is 7.17. The molecule has 27 heavy (non-hydrogen) atoms. The number of halogens is 3. The van der Waals surface area contributed by atoms with Gasteiger partial charge in [0.1, 0.15) is 16.5 Å². The first-order chi connectivity index (χ1) is 12.9. The SMILES string of the molecule is Cc1cccnc1Cc1nc(-c2ncc(OC3CC3)cc2C(F)(F)F)ns1. The Hall–Kier alpha value is -2.55. The number of aryl methyl sites for hydroxylation is 1. The number of hydrogen-bond donors (Lipinski definition) is 0. The topological polar surface area (TPSA) is 60.8 Å². The number of hydrogen-bond acceptors (Lipinski definition) is 6. The summed E-state index contributed by atoms with van der Waals surface area (Å²) in [5, 5.41) is 0.583. The molecule has 4 rings (SSSR count). The molecule has 1 saturated carbocycles. The van der Waals surface area contributed by atoms with Gasteiger partial charge < -0.3 is 4.74 Å². The first-order valence-corrected chi connectivity index (χ1v) is 9.15. The van der Waals surface area contributed by atoms with Crippen molar-refractivity contribution in [2.45, 2.75) is 38.5 Å². The van der Waals surface area contributed by atoms with Gasteiger partial charge in [0.05, 0.1) is 23.6 Å². The van der Waals surface area contributed by atoms with Crippen molar-refractivity contribution < 1.29 is 17.9 Å². The van der Waals surface area contributed by atoms with Crippen LogP contribution in [0.4, 0.5) is 13.2 Å². The Morgan fingerprint density at radius 3 is 2.78 bits per heavy atom. The lowest BCUT2D eigenvalue weighted by molar-refractivity contribution is -0.137. The predicted octanol–water partition coefficient (Wildman–Crippen LogP) is 4.45. The molecule has 9 heteroatoms. The normalized spacial score (nSPS) is 14.4. The van der Waals surface area contributed by atoms with Gasteiger partial charge in [-0.25, -0.2) is 9.97 Å². The molecule has 0 saturated heterocycles. The van der Waals surface area contributed by atoms with Crippen LogP contribution in [-0.2, 0) is 12.6 Å². The van der Waals surface area contributed by atoms with Gasteiger partial charge in [-0.1, -0.05) is 6.07 Å². The zero-order valence-corrected chi connectivity index (χ0v) is 15.1. The van der Waals surface area contributed by atoms with Gasteiger partial charge >= 0.3 is 6.18 Å². The third kappa shape index (κ3) is 4.08. The van der Waals surface area contributed by atoms with E-state index in [9.17, 15) is 13.2 Å². The largest absolute Gasteiger partial charge is 0.489 e. The minimum absolute atomic E-state index is 0.00986. The van der Waals surface area contributed by atoms with Crippen molar-refractivity contribution >= 4 is 11.5 Å². The highest BCUT2D eigenvalue weighted by atomic mass is 32.1. The van der Waals surface area contributed by atoms with E-state index in [1.165, 1.54) is 6.20 Å². The smallest absolute Gasteiger partial charge is 0.418 e. The van der Waals surface area contributed by atoms with Crippen LogP contribution in [0.1, 0.15) is 34.7 Å². The van der Waals surface area contributed by atoms with Crippen LogP contribution < -0.4 is 4.74 Å². The molecular formula is C18H15F3N4OS. The highest BCUT2D eigenvalue weighted by Crippen LogP contribution is 2.38. The number of rotatable bonds is 5. The van der Waals surface area contributed by atoms with E-state index in [2.05, 4.69) is 19.3 Å². The average molecular weight is 392 g/mol. The van der Waals surface area contributed by atoms with Crippen LogP contribution in [0.25, 0.3) is 11.5 Å². The van der Waals surface area contributed by atoms with Gasteiger partial charge in [0.25, 0.3) is 0 Å². The third-order valence-electron chi connectivity index (χ3n) is 4.11. The number of aromatic nitrogens is 4. The molecule has 1 fully saturated rings. The lowest BCUT2D eigenvalue weighted by Crippen LogP contribution is -2.10. The van der Waals surface area contributed by atoms with Crippen molar-refractivity contribution in [1.82, 2.24) is 19.3 Å². The van der Waals surface area contributed by atoms with Crippen molar-refractivity contribution in [3.05, 3.63) is 52.4 Å². The summed E-state index contributed by atoms with van der Waals surface area (Å²) in [6.45, 7) is 1.92. The number of nitrogens with zero attached hydrogens (tertiary/aromatic N) is 4. The van der Waals surface area contributed by atoms with Crippen LogP contribution in [-0.4, -0.2) is 25.4 Å². The maximum absolute atomic E-state index is 13.5. The van der Waals surface area contributed by atoms with Gasteiger partial charge in [0.15, 0.2) is 5.82 Å². The predicted molar refractivity (Wildman–Crippen MR) is 93.6 cm³/mol. The van der Waals surface area contributed by atoms with Crippen LogP contribution in [0.15, 0.2) is 30.6 Å². The molecule has 3 heterocycles. The van der Waals surface area contributed by atoms with Gasteiger partial charge in [-0.15, -0.1) is 0 Å². The number of ether oxygens (including phenoxy) is 1. The van der Waals surface area contributed by atoms with E-state index in [4.69, 9.17) is 4.74 Å². The first kappa shape index (κ1) is 17.8. The Labute approximate surface area is 157 Å². The Morgan fingerprint density at radius 2 is 2.07 bits per heavy atom. The minimum atomic E-state index is -4.58. The Bertz CT molecular complexity index is 969. The summed E-state index contributed by atoms with van der Waals surface area (Å²) in [7, 11) is 0. The lowest BCUT2D eigenvalue weighted by Gasteiger charge is -2.12. The Morgan fingerprint density at radius 1 is 1.26 bits per heavy atom. The summed E-state index contributed by atoms with van der Waals surface area (Å²) < 4.78 is 50.1. The molecule has 0 aromatic carbocycles. The fourth-order valence-corrected chi connectivity index (χ4v) is 3.20. The number of pyridine rings is 2. The molecule has 0 amide bonds. The fourth-order valence-electron chi connectivity index (χ4n) is 2.55. The molecule has 0 aliphatic heterocycles. The van der Waals surface area contributed by atoms with Gasteiger partial charge in [-0.05, 0) is 49.0 Å². The van der Waals surface area contributed by atoms with Gasteiger partial charge in [0.2, 0.25) is 0 Å². The van der Waals surface area contributed by atoms with Crippen molar-refractivity contribution in [2.24, 2.45) is 0 Å². The van der Waals surface area contributed by atoms with Crippen LogP contribution in [0.5, 0.6) is 5.75 Å². The van der Waals surface area contributed by atoms with Crippen LogP contribution in [0, 0.1) is 6.92 Å². The molecular weight excluding hydrogens is 377 g/mol. The molecule has 1 aliphatic carbocycles. The third-order valence-corrected chi connectivity index (χ3v) is 4.82. The van der Waals surface area contributed by atoms with Crippen molar-refractivity contribution in [3.63, 3.8) is 0 Å². The highest BCUT2D eigenvalue weighted by molar-refractivity contribution is 7.05. The van der Waals surface area contributed by atoms with Crippen molar-refractivity contribution in [3.8, 4) is 17.3 Å². The summed E-state index contributed by atoms with van der Waals surface area (Å²) in [6, 6.07) is 4.73. The molecule has 1 aliphatic rings. The van der Waals surface area contributed by atoms with Crippen LogP contribution >= 0.6 is 11.5 Å². The fraction of sp³-hybridized carbons (Fsp3) is 0.333. The standard InChI is InChI=1S/C18H15F3N4OS/c1-10-3-2-6-22-14(10)8-15-24-17(25-27-15)16-13(18(19,20)21)7-12(9-23-16)26-11-4-5-11/h2-3,6-7,9,11H,4-5,8H2,1H3. The zero-order valence-electron chi connectivity index (χ0n) is 14.3. The molecule has 0 radical (unpaired) electrons. The van der Waals surface area contributed by atoms with Gasteiger partial charge in [-0.2, -0.15) is 17.5 Å². The molecule has 3 aromatic rings. The van der Waals surface area contributed by atoms with E-state index < -0.39 is 11.7 Å². The second kappa shape index (κ2) is 6.88. The molecule has 0 atom stereocenters. The van der Waals surface area contributed by atoms with Crippen molar-refractivity contribution in [1.29, 1.82) is 0 Å². The monoisotopic (exact) mass is 392 g/mol. The Balaban J connectivity index is 1.64. The van der Waals surface area contributed by atoms with E-state index in [0.717, 1.165) is 41.7 Å². The summed E-state index contributed by atoms with van der Waals surface area (Å²) >= 11 is 1.05. The van der Waals surface area contributed by atoms with Crippen LogP contribution in [0.2, 0.25) is 0 Å². The van der Waals surface area contributed by atoms with E-state index >= 15 is 0 Å². The first-order valence-electron chi connectivity index (χ1n) is 8.37. The van der Waals surface area contributed by atoms with E-state index in [1.807, 2.05) is 19.1 Å². The second-order valence-electron chi connectivity index (χ2n) is 6.34. The molecule has 0 spiro atoms. The molecule has 0 bridgehead atoms. The molecule has 140 valence electrons. The summed E-state index contributed by atoms with van der Waals surface area (Å²) in [5.41, 5.74) is 0.632. The molecule has 3 aromatic heterocycles. The molecule has 0 unspecified atom stereocenters. The quantitative estimate of drug-likeness (QED) is 0.642. The average Bonchev–Trinajstić information content (AvgIpc) is 3.31. The van der Waals surface area contributed by atoms with Gasteiger partial charge in [0, 0.05) is 12.6 Å². The van der Waals surface area contributed by atoms with Gasteiger partial charge in [-0.3, -0.25) is 4.98 Å². The molecule has 0 N–H and O–H groups in total. The minimum Gasteiger partial charge on any atom is -0.489 e. The highest BCUT2D eigenvalue weighted by Gasteiger charge is 2.37. The van der Waals surface area contributed by atoms with Crippen LogP contribution in [0.3, 0.4) is 0 Å². The van der Waals surface area contributed by atoms with E-state index in [-0.39, 0.29) is 23.4 Å². The summed E-state index contributed by atoms with van der Waals surface area (Å²) in [6.07, 6.45) is 0.506. The number of alkyl halides is 3. The maximum Gasteiger partial charge on any atom is 0.418 e. The van der Waals surface area contributed by atoms with E-state index in [0.29, 0.717) is 11.4 Å².